The van der Waals surface area contributed by atoms with Gasteiger partial charge in [0, 0.05) is 16.9 Å². The minimum absolute atomic E-state index is 0.0267. The van der Waals surface area contributed by atoms with Crippen molar-refractivity contribution < 1.29 is 17.6 Å². The molecule has 0 spiro atoms. The number of aromatic amines is 1. The number of amides is 1. The van der Waals surface area contributed by atoms with Crippen LogP contribution in [0.4, 0.5) is 15.8 Å². The molecule has 26 heavy (non-hydrogen) atoms. The van der Waals surface area contributed by atoms with Crippen LogP contribution < -0.4 is 10.0 Å². The zero-order valence-corrected chi connectivity index (χ0v) is 14.7. The van der Waals surface area contributed by atoms with E-state index in [4.69, 9.17) is 11.6 Å². The van der Waals surface area contributed by atoms with Crippen molar-refractivity contribution in [3.63, 3.8) is 0 Å². The van der Waals surface area contributed by atoms with Gasteiger partial charge in [0.15, 0.2) is 0 Å². The van der Waals surface area contributed by atoms with Crippen LogP contribution in [-0.2, 0) is 10.0 Å². The highest BCUT2D eigenvalue weighted by Gasteiger charge is 2.20. The number of hydrogen-bond donors (Lipinski definition) is 3. The molecule has 3 N–H and O–H groups in total. The molecule has 3 rings (SSSR count). The van der Waals surface area contributed by atoms with E-state index >= 15 is 0 Å². The summed E-state index contributed by atoms with van der Waals surface area (Å²) in [4.78, 5) is 14.6. The molecular weight excluding hydrogens is 381 g/mol. The topological polar surface area (TPSA) is 91.1 Å². The average Bonchev–Trinajstić information content (AvgIpc) is 3.08. The molecule has 0 unspecified atom stereocenters. The lowest BCUT2D eigenvalue weighted by Gasteiger charge is -2.07. The van der Waals surface area contributed by atoms with Crippen LogP contribution in [0.25, 0.3) is 0 Å². The van der Waals surface area contributed by atoms with Crippen LogP contribution in [-0.4, -0.2) is 19.3 Å². The quantitative estimate of drug-likeness (QED) is 0.614. The first kappa shape index (κ1) is 18.0. The highest BCUT2D eigenvalue weighted by atomic mass is 35.5. The smallest absolute Gasteiger partial charge is 0.272 e. The lowest BCUT2D eigenvalue weighted by molar-refractivity contribution is 0.102. The second-order valence-electron chi connectivity index (χ2n) is 5.30. The van der Waals surface area contributed by atoms with Crippen molar-refractivity contribution in [2.75, 3.05) is 10.0 Å². The molecule has 0 bridgehead atoms. The van der Waals surface area contributed by atoms with E-state index in [1.54, 1.807) is 24.3 Å². The Hall–Kier alpha value is -2.84. The number of halogens is 2. The van der Waals surface area contributed by atoms with E-state index in [1.807, 2.05) is 0 Å². The van der Waals surface area contributed by atoms with Crippen molar-refractivity contribution >= 4 is 38.9 Å². The maximum atomic E-state index is 13.6. The molecule has 2 aromatic carbocycles. The Bertz CT molecular complexity index is 1070. The highest BCUT2D eigenvalue weighted by molar-refractivity contribution is 7.92. The standard InChI is InChI=1S/C17H13ClFN3O3S/c18-11-4-3-5-12(8-11)21-17(23)16-9-13(10-20-16)26(24,25)22-15-7-2-1-6-14(15)19/h1-10,20,22H,(H,21,23). The number of carbonyl (C=O) groups is 1. The molecule has 1 aromatic heterocycles. The number of hydrogen-bond acceptors (Lipinski definition) is 3. The summed E-state index contributed by atoms with van der Waals surface area (Å²) in [7, 11) is -4.05. The number of H-pyrrole nitrogens is 1. The van der Waals surface area contributed by atoms with Crippen molar-refractivity contribution in [1.29, 1.82) is 0 Å². The summed E-state index contributed by atoms with van der Waals surface area (Å²) in [6.45, 7) is 0. The Balaban J connectivity index is 1.78. The lowest BCUT2D eigenvalue weighted by atomic mass is 10.3. The van der Waals surface area contributed by atoms with E-state index in [0.717, 1.165) is 18.3 Å². The first-order valence-electron chi connectivity index (χ1n) is 7.38. The summed E-state index contributed by atoms with van der Waals surface area (Å²) >= 11 is 5.85. The van der Waals surface area contributed by atoms with Gasteiger partial charge in [-0.2, -0.15) is 0 Å². The molecule has 0 saturated heterocycles. The van der Waals surface area contributed by atoms with Crippen molar-refractivity contribution in [2.24, 2.45) is 0 Å². The van der Waals surface area contributed by atoms with Crippen molar-refractivity contribution in [3.05, 3.63) is 77.3 Å². The Morgan fingerprint density at radius 2 is 1.85 bits per heavy atom. The third-order valence-corrected chi connectivity index (χ3v) is 4.99. The van der Waals surface area contributed by atoms with Gasteiger partial charge in [-0.05, 0) is 36.4 Å². The maximum absolute atomic E-state index is 13.6. The number of sulfonamides is 1. The third-order valence-electron chi connectivity index (χ3n) is 3.41. The second-order valence-corrected chi connectivity index (χ2v) is 7.42. The molecule has 1 amide bonds. The van der Waals surface area contributed by atoms with E-state index in [1.165, 1.54) is 18.2 Å². The van der Waals surface area contributed by atoms with Gasteiger partial charge in [-0.25, -0.2) is 12.8 Å². The molecule has 1 heterocycles. The van der Waals surface area contributed by atoms with Crippen LogP contribution in [0.3, 0.4) is 0 Å². The molecule has 6 nitrogen and oxygen atoms in total. The van der Waals surface area contributed by atoms with E-state index in [2.05, 4.69) is 15.0 Å². The molecule has 0 aliphatic rings. The SMILES string of the molecule is O=C(Nc1cccc(Cl)c1)c1cc(S(=O)(=O)Nc2ccccc2F)c[nH]1. The summed E-state index contributed by atoms with van der Waals surface area (Å²) in [5.74, 6) is -1.25. The Labute approximate surface area is 154 Å². The van der Waals surface area contributed by atoms with Gasteiger partial charge in [0.2, 0.25) is 0 Å². The zero-order chi connectivity index (χ0) is 18.7. The predicted molar refractivity (Wildman–Crippen MR) is 97.4 cm³/mol. The molecule has 0 fully saturated rings. The van der Waals surface area contributed by atoms with Gasteiger partial charge in [-0.3, -0.25) is 9.52 Å². The Morgan fingerprint density at radius 3 is 2.58 bits per heavy atom. The van der Waals surface area contributed by atoms with Gasteiger partial charge in [-0.15, -0.1) is 0 Å². The largest absolute Gasteiger partial charge is 0.356 e. The fraction of sp³-hybridized carbons (Fsp3) is 0. The maximum Gasteiger partial charge on any atom is 0.272 e. The second kappa shape index (κ2) is 7.19. The van der Waals surface area contributed by atoms with Gasteiger partial charge in [0.1, 0.15) is 16.4 Å². The van der Waals surface area contributed by atoms with Gasteiger partial charge in [-0.1, -0.05) is 29.8 Å². The average molecular weight is 394 g/mol. The molecule has 0 aliphatic heterocycles. The third kappa shape index (κ3) is 4.04. The fourth-order valence-corrected chi connectivity index (χ4v) is 3.42. The molecule has 0 saturated carbocycles. The summed E-state index contributed by atoms with van der Waals surface area (Å²) < 4.78 is 40.5. The molecule has 134 valence electrons. The zero-order valence-electron chi connectivity index (χ0n) is 13.2. The fourth-order valence-electron chi connectivity index (χ4n) is 2.17. The minimum Gasteiger partial charge on any atom is -0.356 e. The number of para-hydroxylation sites is 1. The number of benzene rings is 2. The van der Waals surface area contributed by atoms with E-state index in [-0.39, 0.29) is 16.3 Å². The summed E-state index contributed by atoms with van der Waals surface area (Å²) in [5, 5.41) is 3.04. The monoisotopic (exact) mass is 393 g/mol. The van der Waals surface area contributed by atoms with Gasteiger partial charge >= 0.3 is 0 Å². The number of aromatic nitrogens is 1. The van der Waals surface area contributed by atoms with Crippen LogP contribution in [0.1, 0.15) is 10.5 Å². The number of carbonyl (C=O) groups excluding carboxylic acids is 1. The van der Waals surface area contributed by atoms with Crippen molar-refractivity contribution in [1.82, 2.24) is 4.98 Å². The van der Waals surface area contributed by atoms with Crippen LogP contribution in [0.2, 0.25) is 5.02 Å². The van der Waals surface area contributed by atoms with Crippen LogP contribution in [0.15, 0.2) is 65.7 Å². The Kier molecular flexibility index (Phi) is 4.97. The van der Waals surface area contributed by atoms with E-state index in [9.17, 15) is 17.6 Å². The molecule has 9 heteroatoms. The van der Waals surface area contributed by atoms with Crippen LogP contribution >= 0.6 is 11.6 Å². The molecule has 0 aliphatic carbocycles. The summed E-state index contributed by atoms with van der Waals surface area (Å²) in [6, 6.07) is 13.1. The molecular formula is C17H13ClFN3O3S. The van der Waals surface area contributed by atoms with E-state index in [0.29, 0.717) is 10.7 Å². The number of rotatable bonds is 5. The van der Waals surface area contributed by atoms with Gasteiger partial charge in [0.05, 0.1) is 5.69 Å². The minimum atomic E-state index is -4.05. The van der Waals surface area contributed by atoms with Crippen LogP contribution in [0.5, 0.6) is 0 Å². The number of nitrogens with one attached hydrogen (secondary N) is 3. The molecule has 0 radical (unpaired) electrons. The number of anilines is 2. The van der Waals surface area contributed by atoms with E-state index < -0.39 is 21.7 Å². The predicted octanol–water partition coefficient (Wildman–Crippen LogP) is 3.86. The molecule has 3 aromatic rings. The normalized spacial score (nSPS) is 11.2. The lowest BCUT2D eigenvalue weighted by Crippen LogP contribution is -2.14. The highest BCUT2D eigenvalue weighted by Crippen LogP contribution is 2.20. The first-order valence-corrected chi connectivity index (χ1v) is 9.24. The van der Waals surface area contributed by atoms with Crippen molar-refractivity contribution in [3.8, 4) is 0 Å². The van der Waals surface area contributed by atoms with Crippen LogP contribution in [0, 0.1) is 5.82 Å². The van der Waals surface area contributed by atoms with Gasteiger partial charge < -0.3 is 10.3 Å². The first-order chi connectivity index (χ1) is 12.3. The van der Waals surface area contributed by atoms with Crippen molar-refractivity contribution in [2.45, 2.75) is 4.90 Å². The van der Waals surface area contributed by atoms with Gasteiger partial charge in [0.25, 0.3) is 15.9 Å². The molecule has 0 atom stereocenters. The Morgan fingerprint density at radius 1 is 1.08 bits per heavy atom. The summed E-state index contributed by atoms with van der Waals surface area (Å²) in [6.07, 6.45) is 1.15. The summed E-state index contributed by atoms with van der Waals surface area (Å²) in [5.41, 5.74) is 0.309.